The zero-order valence-electron chi connectivity index (χ0n) is 25.2. The third kappa shape index (κ3) is 12.3. The number of hydrogen-bond acceptors (Lipinski definition) is 5. The first-order valence-electron chi connectivity index (χ1n) is 15.2. The molecular weight excluding hydrogens is 596 g/mol. The van der Waals surface area contributed by atoms with Gasteiger partial charge in [0.25, 0.3) is 5.91 Å². The first kappa shape index (κ1) is 34.9. The van der Waals surface area contributed by atoms with Crippen molar-refractivity contribution in [3.05, 3.63) is 70.3 Å². The second-order valence-electron chi connectivity index (χ2n) is 10.9. The Bertz CT molecular complexity index is 1120. The predicted octanol–water partition coefficient (Wildman–Crippen LogP) is 10.2. The molecule has 2 aromatic carbocycles. The van der Waals surface area contributed by atoms with Crippen LogP contribution in [0.25, 0.3) is 0 Å². The molecule has 0 saturated carbocycles. The average molecular weight is 646 g/mol. The predicted molar refractivity (Wildman–Crippen MR) is 179 cm³/mol. The highest BCUT2D eigenvalue weighted by atomic mass is 79.9. The molecule has 0 saturated heterocycles. The third-order valence-electron chi connectivity index (χ3n) is 7.49. The zero-order chi connectivity index (χ0) is 28.6. The molecule has 1 aliphatic heterocycles. The van der Waals surface area contributed by atoms with E-state index in [1.54, 1.807) is 30.0 Å². The van der Waals surface area contributed by atoms with Crippen LogP contribution < -0.4 is 10.1 Å². The molecule has 0 bridgehead atoms. The van der Waals surface area contributed by atoms with Gasteiger partial charge in [-0.2, -0.15) is 0 Å². The number of hydrogen-bond donors (Lipinski definition) is 1. The van der Waals surface area contributed by atoms with Crippen molar-refractivity contribution in [1.29, 1.82) is 0 Å². The monoisotopic (exact) mass is 644 g/mol. The summed E-state index contributed by atoms with van der Waals surface area (Å²) in [5.41, 5.74) is 3.98. The number of rotatable bonds is 19. The smallest absolute Gasteiger partial charge is 0.255 e. The van der Waals surface area contributed by atoms with Gasteiger partial charge in [0.2, 0.25) is 0 Å². The number of Topliss-reactive ketones (excluding diaryl/α,β-unsaturated/α-hetero) is 1. The standard InChI is InChI=1S/C34H48N2O3S.BrH/c1-4-5-6-7-8-9-10-11-12-13-14-17-22-39-33-21-20-29(23-31(33)28(3)37)34(38)35-32-19-16-15-18-30(32)24-36-26-40-25-27(36)2;/h15-16,18-21,23,25H,4-14,17,22,24,26H2,1-3H3,(H,35,38);1H. The second kappa shape index (κ2) is 19.8. The molecule has 226 valence electrons. The van der Waals surface area contributed by atoms with Gasteiger partial charge in [0.15, 0.2) is 5.78 Å². The first-order chi connectivity index (χ1) is 19.5. The lowest BCUT2D eigenvalue weighted by Crippen LogP contribution is -2.19. The molecule has 3 rings (SSSR count). The van der Waals surface area contributed by atoms with Crippen LogP contribution in [0.2, 0.25) is 0 Å². The Morgan fingerprint density at radius 1 is 0.902 bits per heavy atom. The van der Waals surface area contributed by atoms with Crippen LogP contribution in [0.3, 0.4) is 0 Å². The summed E-state index contributed by atoms with van der Waals surface area (Å²) < 4.78 is 5.98. The highest BCUT2D eigenvalue weighted by Gasteiger charge is 2.17. The molecule has 0 atom stereocenters. The van der Waals surface area contributed by atoms with Gasteiger partial charge < -0.3 is 15.0 Å². The number of ketones is 1. The minimum atomic E-state index is -0.231. The van der Waals surface area contributed by atoms with E-state index in [1.165, 1.54) is 76.8 Å². The summed E-state index contributed by atoms with van der Waals surface area (Å²) >= 11 is 1.78. The van der Waals surface area contributed by atoms with Crippen LogP contribution in [0, 0.1) is 0 Å². The van der Waals surface area contributed by atoms with Gasteiger partial charge in [-0.1, -0.05) is 95.8 Å². The second-order valence-corrected chi connectivity index (χ2v) is 11.7. The molecule has 5 nitrogen and oxygen atoms in total. The van der Waals surface area contributed by atoms with Crippen molar-refractivity contribution in [3.8, 4) is 5.75 Å². The van der Waals surface area contributed by atoms with Gasteiger partial charge in [-0.25, -0.2) is 0 Å². The van der Waals surface area contributed by atoms with E-state index in [0.717, 1.165) is 36.5 Å². The summed E-state index contributed by atoms with van der Waals surface area (Å²) in [6, 6.07) is 13.0. The number of anilines is 1. The number of nitrogens with one attached hydrogen (secondary N) is 1. The van der Waals surface area contributed by atoms with E-state index >= 15 is 0 Å². The lowest BCUT2D eigenvalue weighted by Gasteiger charge is -2.21. The Hall–Kier alpha value is -2.25. The Balaban J connectivity index is 0.00000588. The van der Waals surface area contributed by atoms with Gasteiger partial charge in [0.05, 0.1) is 18.0 Å². The lowest BCUT2D eigenvalue weighted by molar-refractivity contribution is 0.101. The SMILES string of the molecule is Br.CCCCCCCCCCCCCCOc1ccc(C(=O)Nc2ccccc2CN2CSC=C2C)cc1C(C)=O. The molecule has 1 N–H and O–H groups in total. The molecular formula is C34H49BrN2O3S. The summed E-state index contributed by atoms with van der Waals surface area (Å²) in [5, 5.41) is 5.21. The van der Waals surface area contributed by atoms with Crippen LogP contribution >= 0.6 is 28.7 Å². The van der Waals surface area contributed by atoms with Gasteiger partial charge in [-0.3, -0.25) is 9.59 Å². The number of carbonyl (C=O) groups is 2. The molecule has 1 heterocycles. The van der Waals surface area contributed by atoms with E-state index in [4.69, 9.17) is 4.74 Å². The highest BCUT2D eigenvalue weighted by Crippen LogP contribution is 2.28. The number of allylic oxidation sites excluding steroid dienone is 1. The van der Waals surface area contributed by atoms with Crippen LogP contribution in [0.4, 0.5) is 5.69 Å². The highest BCUT2D eigenvalue weighted by molar-refractivity contribution is 8.93. The largest absolute Gasteiger partial charge is 0.493 e. The van der Waals surface area contributed by atoms with E-state index < -0.39 is 0 Å². The van der Waals surface area contributed by atoms with Crippen LogP contribution in [0.1, 0.15) is 124 Å². The van der Waals surface area contributed by atoms with E-state index in [0.29, 0.717) is 23.5 Å². The molecule has 0 radical (unpaired) electrons. The average Bonchev–Trinajstić information content (AvgIpc) is 3.36. The molecule has 7 heteroatoms. The number of carbonyl (C=O) groups excluding carboxylic acids is 2. The van der Waals surface area contributed by atoms with Crippen molar-refractivity contribution in [2.45, 2.75) is 104 Å². The molecule has 0 fully saturated rings. The number of unbranched alkanes of at least 4 members (excludes halogenated alkanes) is 11. The normalized spacial score (nSPS) is 12.6. The van der Waals surface area contributed by atoms with E-state index in [2.05, 4.69) is 29.5 Å². The molecule has 0 unspecified atom stereocenters. The third-order valence-corrected chi connectivity index (χ3v) is 8.45. The summed E-state index contributed by atoms with van der Waals surface area (Å²) in [7, 11) is 0. The first-order valence-corrected chi connectivity index (χ1v) is 16.2. The fourth-order valence-corrected chi connectivity index (χ4v) is 5.91. The number of nitrogens with zero attached hydrogens (tertiary/aromatic N) is 1. The van der Waals surface area contributed by atoms with Crippen molar-refractivity contribution in [2.75, 3.05) is 17.8 Å². The van der Waals surface area contributed by atoms with Crippen LogP contribution in [0.15, 0.2) is 53.6 Å². The Labute approximate surface area is 262 Å². The summed E-state index contributed by atoms with van der Waals surface area (Å²) in [6.45, 7) is 7.20. The van der Waals surface area contributed by atoms with E-state index in [-0.39, 0.29) is 28.7 Å². The van der Waals surface area contributed by atoms with Gasteiger partial charge in [0, 0.05) is 23.5 Å². The molecule has 41 heavy (non-hydrogen) atoms. The fourth-order valence-electron chi connectivity index (χ4n) is 4.97. The van der Waals surface area contributed by atoms with Crippen LogP contribution in [0.5, 0.6) is 5.75 Å². The summed E-state index contributed by atoms with van der Waals surface area (Å²) in [5.74, 6) is 1.14. The van der Waals surface area contributed by atoms with Crippen molar-refractivity contribution >= 4 is 46.1 Å². The Morgan fingerprint density at radius 3 is 2.15 bits per heavy atom. The minimum absolute atomic E-state index is 0. The number of halogens is 1. The van der Waals surface area contributed by atoms with Gasteiger partial charge in [0.1, 0.15) is 5.75 Å². The maximum Gasteiger partial charge on any atom is 0.255 e. The van der Waals surface area contributed by atoms with Crippen LogP contribution in [-0.2, 0) is 6.54 Å². The minimum Gasteiger partial charge on any atom is -0.493 e. The fraction of sp³-hybridized carbons (Fsp3) is 0.529. The molecule has 2 aromatic rings. The van der Waals surface area contributed by atoms with Gasteiger partial charge in [-0.15, -0.1) is 28.7 Å². The molecule has 1 amide bonds. The van der Waals surface area contributed by atoms with Crippen molar-refractivity contribution in [3.63, 3.8) is 0 Å². The zero-order valence-corrected chi connectivity index (χ0v) is 27.7. The Kier molecular flexibility index (Phi) is 16.9. The van der Waals surface area contributed by atoms with Crippen molar-refractivity contribution < 1.29 is 14.3 Å². The van der Waals surface area contributed by atoms with E-state index in [9.17, 15) is 9.59 Å². The van der Waals surface area contributed by atoms with Crippen LogP contribution in [-0.4, -0.2) is 29.1 Å². The number of benzene rings is 2. The van der Waals surface area contributed by atoms with Gasteiger partial charge >= 0.3 is 0 Å². The number of thioether (sulfide) groups is 1. The Morgan fingerprint density at radius 2 is 1.54 bits per heavy atom. The maximum absolute atomic E-state index is 13.1. The molecule has 0 aliphatic carbocycles. The maximum atomic E-state index is 13.1. The number of amides is 1. The molecule has 0 aromatic heterocycles. The molecule has 1 aliphatic rings. The lowest BCUT2D eigenvalue weighted by atomic mass is 10.0. The van der Waals surface area contributed by atoms with Crippen molar-refractivity contribution in [2.24, 2.45) is 0 Å². The summed E-state index contributed by atoms with van der Waals surface area (Å²) in [4.78, 5) is 27.8. The topological polar surface area (TPSA) is 58.6 Å². The number of para-hydroxylation sites is 1. The number of ether oxygens (including phenoxy) is 1. The quantitative estimate of drug-likeness (QED) is 0.122. The van der Waals surface area contributed by atoms with Crippen molar-refractivity contribution in [1.82, 2.24) is 4.90 Å². The van der Waals surface area contributed by atoms with Gasteiger partial charge in [-0.05, 0) is 55.5 Å². The molecule has 0 spiro atoms. The summed E-state index contributed by atoms with van der Waals surface area (Å²) in [6.07, 6.45) is 15.5. The van der Waals surface area contributed by atoms with E-state index in [1.807, 2.05) is 24.3 Å².